The Morgan fingerprint density at radius 2 is 2.05 bits per heavy atom. The number of hydrogen-bond donors (Lipinski definition) is 2. The molecule has 0 atom stereocenters. The third kappa shape index (κ3) is 2.32. The van der Waals surface area contributed by atoms with Crippen LogP contribution in [0.2, 0.25) is 5.02 Å². The molecule has 6 heteroatoms. The SMILES string of the molecule is Nc1cc(N)c2nc(Cc3cccc(Cl)c3)cn2n1. The predicted molar refractivity (Wildman–Crippen MR) is 76.1 cm³/mol. The number of benzene rings is 1. The van der Waals surface area contributed by atoms with E-state index in [0.29, 0.717) is 28.6 Å². The van der Waals surface area contributed by atoms with E-state index >= 15 is 0 Å². The molecule has 0 unspecified atom stereocenters. The van der Waals surface area contributed by atoms with Crippen LogP contribution in [0.25, 0.3) is 5.65 Å². The number of nitrogens with two attached hydrogens (primary N) is 2. The summed E-state index contributed by atoms with van der Waals surface area (Å²) in [5.74, 6) is 0.372. The quantitative estimate of drug-likeness (QED) is 0.749. The summed E-state index contributed by atoms with van der Waals surface area (Å²) in [6.45, 7) is 0. The molecule has 3 rings (SSSR count). The normalized spacial score (nSPS) is 11.0. The highest BCUT2D eigenvalue weighted by Gasteiger charge is 2.07. The van der Waals surface area contributed by atoms with Gasteiger partial charge in [0, 0.05) is 17.5 Å². The number of aromatic nitrogens is 3. The summed E-state index contributed by atoms with van der Waals surface area (Å²) in [5, 5.41) is 4.85. The maximum absolute atomic E-state index is 5.96. The average Bonchev–Trinajstić information content (AvgIpc) is 2.71. The van der Waals surface area contributed by atoms with Crippen LogP contribution in [0.5, 0.6) is 0 Å². The molecule has 1 aromatic carbocycles. The Hall–Kier alpha value is -2.27. The van der Waals surface area contributed by atoms with E-state index in [9.17, 15) is 0 Å². The maximum Gasteiger partial charge on any atom is 0.177 e. The van der Waals surface area contributed by atoms with Crippen molar-refractivity contribution in [1.29, 1.82) is 0 Å². The van der Waals surface area contributed by atoms with E-state index in [0.717, 1.165) is 11.3 Å². The highest BCUT2D eigenvalue weighted by atomic mass is 35.5. The van der Waals surface area contributed by atoms with Gasteiger partial charge in [0.1, 0.15) is 5.82 Å². The molecule has 0 aliphatic rings. The lowest BCUT2D eigenvalue weighted by atomic mass is 10.1. The van der Waals surface area contributed by atoms with E-state index < -0.39 is 0 Å². The van der Waals surface area contributed by atoms with Gasteiger partial charge in [-0.15, -0.1) is 5.10 Å². The molecule has 96 valence electrons. The monoisotopic (exact) mass is 273 g/mol. The van der Waals surface area contributed by atoms with Crippen molar-refractivity contribution in [2.45, 2.75) is 6.42 Å². The number of nitrogen functional groups attached to an aromatic ring is 2. The summed E-state index contributed by atoms with van der Waals surface area (Å²) >= 11 is 5.96. The molecule has 0 saturated heterocycles. The molecule has 0 fully saturated rings. The Balaban J connectivity index is 2.00. The summed E-state index contributed by atoms with van der Waals surface area (Å²) < 4.78 is 1.60. The minimum atomic E-state index is 0.372. The van der Waals surface area contributed by atoms with Crippen molar-refractivity contribution < 1.29 is 0 Å². The Morgan fingerprint density at radius 1 is 1.21 bits per heavy atom. The van der Waals surface area contributed by atoms with Crippen molar-refractivity contribution in [3.63, 3.8) is 0 Å². The molecule has 0 radical (unpaired) electrons. The van der Waals surface area contributed by atoms with Crippen molar-refractivity contribution >= 4 is 28.8 Å². The van der Waals surface area contributed by atoms with Gasteiger partial charge < -0.3 is 11.5 Å². The number of imidazole rings is 1. The third-order valence-corrected chi connectivity index (χ3v) is 3.03. The van der Waals surface area contributed by atoms with Crippen molar-refractivity contribution in [3.05, 3.63) is 52.8 Å². The van der Waals surface area contributed by atoms with Crippen LogP contribution in [-0.4, -0.2) is 14.6 Å². The Kier molecular flexibility index (Phi) is 2.76. The lowest BCUT2D eigenvalue weighted by Gasteiger charge is -1.98. The molecule has 3 aromatic rings. The van der Waals surface area contributed by atoms with Crippen LogP contribution in [0.15, 0.2) is 36.5 Å². The molecule has 0 aliphatic heterocycles. The Morgan fingerprint density at radius 3 is 2.84 bits per heavy atom. The molecule has 5 nitrogen and oxygen atoms in total. The Labute approximate surface area is 114 Å². The first-order valence-electron chi connectivity index (χ1n) is 5.76. The van der Waals surface area contributed by atoms with Gasteiger partial charge in [-0.05, 0) is 17.7 Å². The fourth-order valence-electron chi connectivity index (χ4n) is 2.01. The highest BCUT2D eigenvalue weighted by Crippen LogP contribution is 2.18. The first-order valence-corrected chi connectivity index (χ1v) is 6.14. The topological polar surface area (TPSA) is 82.2 Å². The molecule has 0 bridgehead atoms. The fraction of sp³-hybridized carbons (Fsp3) is 0.0769. The smallest absolute Gasteiger partial charge is 0.177 e. The van der Waals surface area contributed by atoms with Gasteiger partial charge in [-0.1, -0.05) is 23.7 Å². The molecule has 2 aromatic heterocycles. The van der Waals surface area contributed by atoms with Crippen molar-refractivity contribution in [1.82, 2.24) is 14.6 Å². The van der Waals surface area contributed by atoms with Gasteiger partial charge in [-0.3, -0.25) is 0 Å². The zero-order valence-electron chi connectivity index (χ0n) is 10.0. The highest BCUT2D eigenvalue weighted by molar-refractivity contribution is 6.30. The number of nitrogens with zero attached hydrogens (tertiary/aromatic N) is 3. The van der Waals surface area contributed by atoms with E-state index in [1.165, 1.54) is 0 Å². The van der Waals surface area contributed by atoms with Crippen LogP contribution >= 0.6 is 11.6 Å². The zero-order chi connectivity index (χ0) is 13.4. The van der Waals surface area contributed by atoms with Crippen LogP contribution in [0.1, 0.15) is 11.3 Å². The van der Waals surface area contributed by atoms with Crippen molar-refractivity contribution in [2.24, 2.45) is 0 Å². The van der Waals surface area contributed by atoms with Crippen LogP contribution < -0.4 is 11.5 Å². The van der Waals surface area contributed by atoms with Crippen LogP contribution in [0.4, 0.5) is 11.5 Å². The van der Waals surface area contributed by atoms with Gasteiger partial charge in [0.15, 0.2) is 5.65 Å². The second kappa shape index (κ2) is 4.44. The van der Waals surface area contributed by atoms with Crippen LogP contribution in [0, 0.1) is 0 Å². The molecule has 0 saturated carbocycles. The summed E-state index contributed by atoms with van der Waals surface area (Å²) in [6.07, 6.45) is 2.49. The standard InChI is InChI=1S/C13H12ClN5/c14-9-3-1-2-8(4-9)5-10-7-19-13(17-10)11(15)6-12(16)18-19/h1-4,6-7H,5,15H2,(H2,16,18). The minimum Gasteiger partial charge on any atom is -0.396 e. The van der Waals surface area contributed by atoms with E-state index in [-0.39, 0.29) is 0 Å². The first-order chi connectivity index (χ1) is 9.11. The van der Waals surface area contributed by atoms with Crippen LogP contribution in [-0.2, 0) is 6.42 Å². The third-order valence-electron chi connectivity index (χ3n) is 2.80. The van der Waals surface area contributed by atoms with Crippen LogP contribution in [0.3, 0.4) is 0 Å². The molecule has 0 spiro atoms. The molecular weight excluding hydrogens is 262 g/mol. The number of hydrogen-bond acceptors (Lipinski definition) is 4. The molecule has 4 N–H and O–H groups in total. The van der Waals surface area contributed by atoms with Gasteiger partial charge in [-0.25, -0.2) is 9.50 Å². The van der Waals surface area contributed by atoms with E-state index in [1.54, 1.807) is 10.6 Å². The van der Waals surface area contributed by atoms with Gasteiger partial charge in [0.2, 0.25) is 0 Å². The number of anilines is 2. The molecule has 0 amide bonds. The zero-order valence-corrected chi connectivity index (χ0v) is 10.8. The lowest BCUT2D eigenvalue weighted by Crippen LogP contribution is -2.00. The largest absolute Gasteiger partial charge is 0.396 e. The van der Waals surface area contributed by atoms with E-state index in [4.69, 9.17) is 23.1 Å². The molecule has 2 heterocycles. The predicted octanol–water partition coefficient (Wildman–Crippen LogP) is 2.14. The lowest BCUT2D eigenvalue weighted by molar-refractivity contribution is 0.944. The Bertz CT molecular complexity index is 750. The fourth-order valence-corrected chi connectivity index (χ4v) is 2.22. The summed E-state index contributed by atoms with van der Waals surface area (Å²) in [6, 6.07) is 9.27. The number of fused-ring (bicyclic) bond motifs is 1. The van der Waals surface area contributed by atoms with Gasteiger partial charge in [-0.2, -0.15) is 0 Å². The average molecular weight is 274 g/mol. The molecule has 0 aliphatic carbocycles. The van der Waals surface area contributed by atoms with Crippen molar-refractivity contribution in [2.75, 3.05) is 11.5 Å². The van der Waals surface area contributed by atoms with E-state index in [2.05, 4.69) is 10.1 Å². The summed E-state index contributed by atoms with van der Waals surface area (Å²) in [7, 11) is 0. The summed E-state index contributed by atoms with van der Waals surface area (Å²) in [5.41, 5.74) is 14.6. The van der Waals surface area contributed by atoms with Gasteiger partial charge in [0.05, 0.1) is 17.6 Å². The maximum atomic E-state index is 5.96. The van der Waals surface area contributed by atoms with Crippen molar-refractivity contribution in [3.8, 4) is 0 Å². The summed E-state index contributed by atoms with van der Waals surface area (Å²) in [4.78, 5) is 4.46. The number of halogens is 1. The second-order valence-corrected chi connectivity index (χ2v) is 4.77. The van der Waals surface area contributed by atoms with Gasteiger partial charge in [0.25, 0.3) is 0 Å². The first kappa shape index (κ1) is 11.8. The second-order valence-electron chi connectivity index (χ2n) is 4.33. The minimum absolute atomic E-state index is 0.372. The number of rotatable bonds is 2. The molecular formula is C13H12ClN5. The van der Waals surface area contributed by atoms with Gasteiger partial charge >= 0.3 is 0 Å². The van der Waals surface area contributed by atoms with E-state index in [1.807, 2.05) is 30.5 Å². The molecule has 19 heavy (non-hydrogen) atoms.